The predicted molar refractivity (Wildman–Crippen MR) is 275 cm³/mol. The molecule has 1 unspecified atom stereocenters. The summed E-state index contributed by atoms with van der Waals surface area (Å²) >= 11 is 0. The summed E-state index contributed by atoms with van der Waals surface area (Å²) in [5.41, 5.74) is 0. The van der Waals surface area contributed by atoms with Crippen LogP contribution in [0.1, 0.15) is 310 Å². The Bertz CT molecular complexity index is 1040. The van der Waals surface area contributed by atoms with Gasteiger partial charge >= 0.3 is 17.9 Å². The van der Waals surface area contributed by atoms with E-state index in [9.17, 15) is 14.4 Å². The van der Waals surface area contributed by atoms with Crippen molar-refractivity contribution in [2.45, 2.75) is 316 Å². The Morgan fingerprint density at radius 3 is 0.828 bits per heavy atom. The summed E-state index contributed by atoms with van der Waals surface area (Å²) in [6.07, 6.45) is 61.7. The molecule has 376 valence electrons. The van der Waals surface area contributed by atoms with Crippen LogP contribution >= 0.6 is 0 Å². The first-order valence-corrected chi connectivity index (χ1v) is 28.3. The van der Waals surface area contributed by atoms with Crippen molar-refractivity contribution in [3.05, 3.63) is 24.3 Å². The number of carbonyl (C=O) groups is 3. The molecular formula is C58H108O6. The topological polar surface area (TPSA) is 78.9 Å². The second-order valence-corrected chi connectivity index (χ2v) is 19.2. The lowest BCUT2D eigenvalue weighted by Crippen LogP contribution is -2.30. The van der Waals surface area contributed by atoms with E-state index in [-0.39, 0.29) is 31.1 Å². The van der Waals surface area contributed by atoms with Gasteiger partial charge in [0.05, 0.1) is 0 Å². The number of ether oxygens (including phenoxy) is 3. The van der Waals surface area contributed by atoms with Gasteiger partial charge in [-0.3, -0.25) is 14.4 Å². The van der Waals surface area contributed by atoms with Gasteiger partial charge in [-0.25, -0.2) is 0 Å². The van der Waals surface area contributed by atoms with Crippen LogP contribution in [-0.4, -0.2) is 37.2 Å². The van der Waals surface area contributed by atoms with Crippen LogP contribution in [0, 0.1) is 0 Å². The highest BCUT2D eigenvalue weighted by Gasteiger charge is 2.19. The van der Waals surface area contributed by atoms with Crippen LogP contribution in [0.25, 0.3) is 0 Å². The first kappa shape index (κ1) is 61.9. The molecule has 0 aromatic heterocycles. The van der Waals surface area contributed by atoms with Crippen LogP contribution in [0.4, 0.5) is 0 Å². The molecule has 0 amide bonds. The lowest BCUT2D eigenvalue weighted by molar-refractivity contribution is -0.167. The summed E-state index contributed by atoms with van der Waals surface area (Å²) in [5, 5.41) is 0. The van der Waals surface area contributed by atoms with Gasteiger partial charge in [0.15, 0.2) is 6.10 Å². The quantitative estimate of drug-likeness (QED) is 0.0262. The number of hydrogen-bond acceptors (Lipinski definition) is 6. The molecule has 0 aromatic rings. The lowest BCUT2D eigenvalue weighted by atomic mass is 10.0. The van der Waals surface area contributed by atoms with Crippen LogP contribution in [0.5, 0.6) is 0 Å². The molecule has 1 atom stereocenters. The molecule has 0 fully saturated rings. The molecule has 6 nitrogen and oxygen atoms in total. The second kappa shape index (κ2) is 53.5. The molecule has 0 heterocycles. The van der Waals surface area contributed by atoms with Crippen LogP contribution in [-0.2, 0) is 28.6 Å². The smallest absolute Gasteiger partial charge is 0.306 e. The van der Waals surface area contributed by atoms with E-state index < -0.39 is 6.10 Å². The van der Waals surface area contributed by atoms with Crippen molar-refractivity contribution in [2.24, 2.45) is 0 Å². The Labute approximate surface area is 398 Å². The average molecular weight is 901 g/mol. The molecule has 0 aromatic carbocycles. The summed E-state index contributed by atoms with van der Waals surface area (Å²) in [6.45, 7) is 6.63. The number of carbonyl (C=O) groups excluding carboxylic acids is 3. The van der Waals surface area contributed by atoms with Gasteiger partial charge in [0, 0.05) is 19.3 Å². The van der Waals surface area contributed by atoms with E-state index in [0.717, 1.165) is 70.6 Å². The van der Waals surface area contributed by atoms with Gasteiger partial charge in [-0.05, 0) is 64.2 Å². The normalized spacial score (nSPS) is 12.1. The van der Waals surface area contributed by atoms with Crippen LogP contribution in [0.15, 0.2) is 24.3 Å². The highest BCUT2D eigenvalue weighted by molar-refractivity contribution is 5.71. The number of esters is 3. The molecule has 6 heteroatoms. The molecule has 0 aliphatic carbocycles. The molecule has 0 aliphatic rings. The molecule has 0 spiro atoms. The largest absolute Gasteiger partial charge is 0.462 e. The summed E-state index contributed by atoms with van der Waals surface area (Å²) < 4.78 is 16.8. The van der Waals surface area contributed by atoms with Gasteiger partial charge < -0.3 is 14.2 Å². The Morgan fingerprint density at radius 1 is 0.297 bits per heavy atom. The summed E-state index contributed by atoms with van der Waals surface area (Å²) in [4.78, 5) is 38.0. The van der Waals surface area contributed by atoms with Crippen molar-refractivity contribution in [2.75, 3.05) is 13.2 Å². The molecular weight excluding hydrogens is 793 g/mol. The molecule has 0 rings (SSSR count). The van der Waals surface area contributed by atoms with Crippen molar-refractivity contribution in [3.63, 3.8) is 0 Å². The predicted octanol–water partition coefficient (Wildman–Crippen LogP) is 18.7. The molecule has 0 saturated carbocycles. The zero-order valence-electron chi connectivity index (χ0n) is 43.1. The van der Waals surface area contributed by atoms with Gasteiger partial charge in [-0.1, -0.05) is 251 Å². The van der Waals surface area contributed by atoms with Gasteiger partial charge in [0.2, 0.25) is 0 Å². The molecule has 0 aliphatic heterocycles. The first-order valence-electron chi connectivity index (χ1n) is 28.3. The molecule has 0 radical (unpaired) electrons. The summed E-state index contributed by atoms with van der Waals surface area (Å²) in [7, 11) is 0. The van der Waals surface area contributed by atoms with Crippen molar-refractivity contribution < 1.29 is 28.6 Å². The monoisotopic (exact) mass is 901 g/mol. The van der Waals surface area contributed by atoms with Crippen molar-refractivity contribution in [3.8, 4) is 0 Å². The molecule has 64 heavy (non-hydrogen) atoms. The minimum Gasteiger partial charge on any atom is -0.462 e. The van der Waals surface area contributed by atoms with E-state index in [2.05, 4.69) is 45.1 Å². The third-order valence-electron chi connectivity index (χ3n) is 12.7. The minimum atomic E-state index is -0.773. The maximum atomic E-state index is 12.8. The van der Waals surface area contributed by atoms with Crippen molar-refractivity contribution >= 4 is 17.9 Å². The van der Waals surface area contributed by atoms with Gasteiger partial charge in [-0.15, -0.1) is 0 Å². The maximum absolute atomic E-state index is 12.8. The van der Waals surface area contributed by atoms with Crippen molar-refractivity contribution in [1.29, 1.82) is 0 Å². The zero-order chi connectivity index (χ0) is 46.5. The Kier molecular flexibility index (Phi) is 51.7. The van der Waals surface area contributed by atoms with Gasteiger partial charge in [-0.2, -0.15) is 0 Å². The van der Waals surface area contributed by atoms with Crippen LogP contribution in [0.3, 0.4) is 0 Å². The van der Waals surface area contributed by atoms with Gasteiger partial charge in [0.25, 0.3) is 0 Å². The Morgan fingerprint density at radius 2 is 0.531 bits per heavy atom. The fourth-order valence-corrected chi connectivity index (χ4v) is 8.36. The van der Waals surface area contributed by atoms with E-state index >= 15 is 0 Å². The van der Waals surface area contributed by atoms with Crippen LogP contribution < -0.4 is 0 Å². The van der Waals surface area contributed by atoms with Gasteiger partial charge in [0.1, 0.15) is 13.2 Å². The number of rotatable bonds is 52. The van der Waals surface area contributed by atoms with E-state index in [1.165, 1.54) is 199 Å². The summed E-state index contributed by atoms with van der Waals surface area (Å²) in [5.74, 6) is -0.873. The summed E-state index contributed by atoms with van der Waals surface area (Å²) in [6, 6.07) is 0. The van der Waals surface area contributed by atoms with E-state index in [4.69, 9.17) is 14.2 Å². The number of hydrogen-bond donors (Lipinski definition) is 0. The third kappa shape index (κ3) is 50.9. The average Bonchev–Trinajstić information content (AvgIpc) is 3.29. The SMILES string of the molecule is CCCC/C=C\CCCCCCCC(=O)OCC(COC(=O)CCCCCCC/C=C\CCCCCCCCCCC)OC(=O)CCCCCCCCCCCCCCCCCCC. The van der Waals surface area contributed by atoms with Crippen LogP contribution in [0.2, 0.25) is 0 Å². The second-order valence-electron chi connectivity index (χ2n) is 19.2. The maximum Gasteiger partial charge on any atom is 0.306 e. The molecule has 0 N–H and O–H groups in total. The fraction of sp³-hybridized carbons (Fsp3) is 0.879. The lowest BCUT2D eigenvalue weighted by Gasteiger charge is -2.18. The molecule has 0 saturated heterocycles. The zero-order valence-corrected chi connectivity index (χ0v) is 43.1. The highest BCUT2D eigenvalue weighted by Crippen LogP contribution is 2.16. The first-order chi connectivity index (χ1) is 31.5. The standard InChI is InChI=1S/C58H108O6/c1-4-7-10-13-16-19-22-24-26-28-30-31-33-36-39-42-45-48-51-57(60)63-54-55(53-62-56(59)50-47-44-41-38-35-21-18-15-12-9-6-3)64-58(61)52-49-46-43-40-37-34-32-29-27-25-23-20-17-14-11-8-5-2/h15,18,30-31,55H,4-14,16-17,19-29,32-54H2,1-3H3/b18-15-,31-30-. The number of allylic oxidation sites excluding steroid dienone is 4. The minimum absolute atomic E-state index is 0.0742. The van der Waals surface area contributed by atoms with Crippen molar-refractivity contribution in [1.82, 2.24) is 0 Å². The Hall–Kier alpha value is -2.11. The fourth-order valence-electron chi connectivity index (χ4n) is 8.36. The van der Waals surface area contributed by atoms with E-state index in [1.54, 1.807) is 0 Å². The van der Waals surface area contributed by atoms with E-state index in [1.807, 2.05) is 0 Å². The highest BCUT2D eigenvalue weighted by atomic mass is 16.6. The van der Waals surface area contributed by atoms with E-state index in [0.29, 0.717) is 19.3 Å². The molecule has 0 bridgehead atoms. The Balaban J connectivity index is 4.30. The third-order valence-corrected chi connectivity index (χ3v) is 12.7. The number of unbranched alkanes of at least 4 members (excludes halogenated alkanes) is 37.